The Bertz CT molecular complexity index is 1610. The molecule has 1 fully saturated rings. The number of carboxylic acid groups (broad SMARTS) is 1. The maximum Gasteiger partial charge on any atom is 0.306 e. The van der Waals surface area contributed by atoms with Gasteiger partial charge in [0.1, 0.15) is 0 Å². The van der Waals surface area contributed by atoms with Crippen molar-refractivity contribution in [1.29, 1.82) is 0 Å². The summed E-state index contributed by atoms with van der Waals surface area (Å²) in [5.41, 5.74) is 6.76. The first-order valence-electron chi connectivity index (χ1n) is 12.4. The number of pyridine rings is 2. The average molecular weight is 520 g/mol. The fourth-order valence-electron chi connectivity index (χ4n) is 4.56. The predicted molar refractivity (Wildman–Crippen MR) is 145 cm³/mol. The SMILES string of the molecule is NNC(=O)c1cc(-c2ccc(C#Cc3ccc(C(=O)N4CCC(C(=O)O)CC4)cc3)cc2)nc2ccncc12. The van der Waals surface area contributed by atoms with E-state index in [1.54, 1.807) is 53.7 Å². The van der Waals surface area contributed by atoms with Crippen LogP contribution >= 0.6 is 0 Å². The van der Waals surface area contributed by atoms with Crippen molar-refractivity contribution in [2.75, 3.05) is 13.1 Å². The van der Waals surface area contributed by atoms with Gasteiger partial charge in [-0.25, -0.2) is 10.8 Å². The van der Waals surface area contributed by atoms with E-state index in [9.17, 15) is 14.4 Å². The molecule has 194 valence electrons. The summed E-state index contributed by atoms with van der Waals surface area (Å²) in [4.78, 5) is 46.7. The Morgan fingerprint density at radius 2 is 1.59 bits per heavy atom. The minimum atomic E-state index is -0.798. The summed E-state index contributed by atoms with van der Waals surface area (Å²) < 4.78 is 0. The fraction of sp³-hybridized carbons (Fsp3) is 0.167. The van der Waals surface area contributed by atoms with Gasteiger partial charge in [-0.3, -0.25) is 24.8 Å². The number of benzene rings is 2. The maximum atomic E-state index is 12.8. The molecule has 0 atom stereocenters. The molecule has 0 spiro atoms. The predicted octanol–water partition coefficient (Wildman–Crippen LogP) is 3.24. The second-order valence-corrected chi connectivity index (χ2v) is 9.23. The lowest BCUT2D eigenvalue weighted by Crippen LogP contribution is -2.40. The first-order valence-corrected chi connectivity index (χ1v) is 12.4. The minimum absolute atomic E-state index is 0.0976. The summed E-state index contributed by atoms with van der Waals surface area (Å²) in [6, 6.07) is 18.0. The zero-order valence-electron chi connectivity index (χ0n) is 20.9. The van der Waals surface area contributed by atoms with Crippen LogP contribution in [0.4, 0.5) is 0 Å². The van der Waals surface area contributed by atoms with E-state index < -0.39 is 11.9 Å². The van der Waals surface area contributed by atoms with Crippen LogP contribution in [0.2, 0.25) is 0 Å². The molecule has 0 bridgehead atoms. The molecule has 0 radical (unpaired) electrons. The van der Waals surface area contributed by atoms with Crippen molar-refractivity contribution in [2.24, 2.45) is 11.8 Å². The van der Waals surface area contributed by atoms with Crippen LogP contribution in [0, 0.1) is 17.8 Å². The lowest BCUT2D eigenvalue weighted by Gasteiger charge is -2.30. The summed E-state index contributed by atoms with van der Waals surface area (Å²) in [6.07, 6.45) is 4.15. The molecule has 0 saturated carbocycles. The molecule has 3 heterocycles. The Kier molecular flexibility index (Phi) is 7.30. The lowest BCUT2D eigenvalue weighted by atomic mass is 9.96. The second-order valence-electron chi connectivity index (χ2n) is 9.23. The fourth-order valence-corrected chi connectivity index (χ4v) is 4.56. The van der Waals surface area contributed by atoms with Gasteiger partial charge in [-0.05, 0) is 61.4 Å². The van der Waals surface area contributed by atoms with Gasteiger partial charge in [0.15, 0.2) is 0 Å². The number of nitrogens with two attached hydrogens (primary N) is 1. The van der Waals surface area contributed by atoms with Crippen molar-refractivity contribution < 1.29 is 19.5 Å². The third-order valence-corrected chi connectivity index (χ3v) is 6.78. The normalized spacial score (nSPS) is 13.4. The number of nitrogens with zero attached hydrogens (tertiary/aromatic N) is 3. The Morgan fingerprint density at radius 3 is 2.21 bits per heavy atom. The Hall–Kier alpha value is -5.07. The first kappa shape index (κ1) is 25.6. The number of hydrazine groups is 1. The largest absolute Gasteiger partial charge is 0.481 e. The molecular formula is C30H25N5O4. The number of fused-ring (bicyclic) bond motifs is 1. The van der Waals surface area contributed by atoms with Crippen LogP contribution in [0.3, 0.4) is 0 Å². The van der Waals surface area contributed by atoms with E-state index in [2.05, 4.69) is 27.2 Å². The van der Waals surface area contributed by atoms with E-state index in [1.807, 2.05) is 24.3 Å². The van der Waals surface area contributed by atoms with Crippen molar-refractivity contribution in [3.8, 4) is 23.1 Å². The monoisotopic (exact) mass is 519 g/mol. The molecule has 1 saturated heterocycles. The zero-order valence-corrected chi connectivity index (χ0v) is 20.9. The van der Waals surface area contributed by atoms with Crippen molar-refractivity contribution in [2.45, 2.75) is 12.8 Å². The molecule has 1 aliphatic heterocycles. The summed E-state index contributed by atoms with van der Waals surface area (Å²) in [5.74, 6) is 9.90. The van der Waals surface area contributed by atoms with Crippen LogP contribution in [-0.2, 0) is 4.79 Å². The van der Waals surface area contributed by atoms with Crippen molar-refractivity contribution >= 4 is 28.7 Å². The van der Waals surface area contributed by atoms with Crippen LogP contribution in [0.15, 0.2) is 73.1 Å². The third kappa shape index (κ3) is 5.61. The number of nitrogen functional groups attached to an aromatic ring is 1. The summed E-state index contributed by atoms with van der Waals surface area (Å²) >= 11 is 0. The Morgan fingerprint density at radius 1 is 0.949 bits per heavy atom. The number of carbonyl (C=O) groups is 3. The van der Waals surface area contributed by atoms with Crippen molar-refractivity contribution in [1.82, 2.24) is 20.3 Å². The standard InChI is InChI=1S/C30H25N5O4/c31-34-28(36)24-17-27(33-26-11-14-32-18-25(24)26)21-7-3-19(4-8-21)1-2-20-5-9-22(10-6-20)29(37)35-15-12-23(13-16-35)30(38)39/h3-11,14,17-18,23H,12-13,15-16,31H2,(H,34,36)(H,38,39). The number of carboxylic acids is 1. The highest BCUT2D eigenvalue weighted by molar-refractivity contribution is 6.06. The average Bonchev–Trinajstić information content (AvgIpc) is 2.99. The Balaban J connectivity index is 1.28. The number of aliphatic carboxylic acids is 1. The van der Waals surface area contributed by atoms with Crippen molar-refractivity contribution in [3.05, 3.63) is 95.3 Å². The lowest BCUT2D eigenvalue weighted by molar-refractivity contribution is -0.143. The van der Waals surface area contributed by atoms with E-state index >= 15 is 0 Å². The van der Waals surface area contributed by atoms with Crippen LogP contribution in [0.5, 0.6) is 0 Å². The molecule has 2 aromatic carbocycles. The van der Waals surface area contributed by atoms with Crippen LogP contribution < -0.4 is 11.3 Å². The van der Waals surface area contributed by atoms with E-state index in [0.29, 0.717) is 53.7 Å². The zero-order chi connectivity index (χ0) is 27.4. The van der Waals surface area contributed by atoms with Gasteiger partial charge in [0.05, 0.1) is 22.7 Å². The molecule has 39 heavy (non-hydrogen) atoms. The number of piperidine rings is 1. The number of hydrogen-bond acceptors (Lipinski definition) is 6. The van der Waals surface area contributed by atoms with Gasteiger partial charge in [0.25, 0.3) is 11.8 Å². The highest BCUT2D eigenvalue weighted by Crippen LogP contribution is 2.25. The number of rotatable bonds is 4. The van der Waals surface area contributed by atoms with Gasteiger partial charge in [-0.1, -0.05) is 24.0 Å². The van der Waals surface area contributed by atoms with Gasteiger partial charge in [-0.2, -0.15) is 0 Å². The van der Waals surface area contributed by atoms with E-state index in [-0.39, 0.29) is 11.8 Å². The van der Waals surface area contributed by atoms with E-state index in [1.165, 1.54) is 0 Å². The topological polar surface area (TPSA) is 139 Å². The van der Waals surface area contributed by atoms with Gasteiger partial charge in [0.2, 0.25) is 0 Å². The highest BCUT2D eigenvalue weighted by atomic mass is 16.4. The molecule has 0 unspecified atom stereocenters. The Labute approximate surface area is 224 Å². The third-order valence-electron chi connectivity index (χ3n) is 6.78. The highest BCUT2D eigenvalue weighted by Gasteiger charge is 2.27. The quantitative estimate of drug-likeness (QED) is 0.163. The molecule has 0 aliphatic carbocycles. The van der Waals surface area contributed by atoms with E-state index in [4.69, 9.17) is 10.9 Å². The number of hydrogen-bond donors (Lipinski definition) is 3. The summed E-state index contributed by atoms with van der Waals surface area (Å²) in [7, 11) is 0. The molecule has 9 nitrogen and oxygen atoms in total. The molecule has 2 amide bonds. The van der Waals surface area contributed by atoms with Gasteiger partial charge in [-0.15, -0.1) is 0 Å². The molecule has 4 N–H and O–H groups in total. The smallest absolute Gasteiger partial charge is 0.306 e. The molecule has 4 aromatic rings. The number of aromatic nitrogens is 2. The van der Waals surface area contributed by atoms with Crippen LogP contribution in [0.1, 0.15) is 44.7 Å². The molecular weight excluding hydrogens is 494 g/mol. The van der Waals surface area contributed by atoms with Crippen molar-refractivity contribution in [3.63, 3.8) is 0 Å². The molecule has 9 heteroatoms. The second kappa shape index (κ2) is 11.1. The van der Waals surface area contributed by atoms with Gasteiger partial charge >= 0.3 is 5.97 Å². The van der Waals surface area contributed by atoms with Gasteiger partial charge < -0.3 is 10.0 Å². The number of carbonyl (C=O) groups excluding carboxylic acids is 2. The van der Waals surface area contributed by atoms with E-state index in [0.717, 1.165) is 16.7 Å². The molecule has 1 aliphatic rings. The number of amides is 2. The number of likely N-dealkylation sites (tertiary alicyclic amines) is 1. The van der Waals surface area contributed by atoms with Gasteiger partial charge in [0, 0.05) is 53.1 Å². The summed E-state index contributed by atoms with van der Waals surface area (Å²) in [5, 5.41) is 9.76. The van der Waals surface area contributed by atoms with Crippen LogP contribution in [0.25, 0.3) is 22.2 Å². The molecule has 2 aromatic heterocycles. The minimum Gasteiger partial charge on any atom is -0.481 e. The maximum absolute atomic E-state index is 12.8. The number of nitrogens with one attached hydrogen (secondary N) is 1. The first-order chi connectivity index (χ1) is 18.9. The van der Waals surface area contributed by atoms with Crippen LogP contribution in [-0.4, -0.2) is 50.8 Å². The molecule has 5 rings (SSSR count). The summed E-state index contributed by atoms with van der Waals surface area (Å²) in [6.45, 7) is 0.891.